The fraction of sp³-hybridized carbons (Fsp3) is 1.00. The predicted molar refractivity (Wildman–Crippen MR) is 110 cm³/mol. The number of piperidine rings is 1. The Labute approximate surface area is 174 Å². The summed E-state index contributed by atoms with van der Waals surface area (Å²) in [6.07, 6.45) is 5.99. The first-order chi connectivity index (χ1) is 14.0. The van der Waals surface area contributed by atoms with Crippen LogP contribution in [0.1, 0.15) is 38.5 Å². The van der Waals surface area contributed by atoms with Crippen LogP contribution in [0.4, 0.5) is 0 Å². The number of fused-ring (bicyclic) bond motifs is 2. The lowest BCUT2D eigenvalue weighted by atomic mass is 9.82. The largest absolute Gasteiger partial charge is 0.361 e. The van der Waals surface area contributed by atoms with Crippen molar-refractivity contribution in [2.24, 2.45) is 11.8 Å². The van der Waals surface area contributed by atoms with Crippen LogP contribution in [-0.4, -0.2) is 87.9 Å². The van der Waals surface area contributed by atoms with E-state index in [9.17, 15) is 8.42 Å². The van der Waals surface area contributed by atoms with Gasteiger partial charge in [-0.3, -0.25) is 10.9 Å². The molecule has 7 atom stereocenters. The monoisotopic (exact) mass is 428 g/mol. The number of nitrogens with zero attached hydrogens (tertiary/aromatic N) is 2. The average Bonchev–Trinajstić information content (AvgIpc) is 3.32. The first-order valence-corrected chi connectivity index (χ1v) is 12.9. The van der Waals surface area contributed by atoms with E-state index >= 15 is 0 Å². The fourth-order valence-corrected chi connectivity index (χ4v) is 7.84. The van der Waals surface area contributed by atoms with Gasteiger partial charge in [-0.2, -0.15) is 0 Å². The Bertz CT molecular complexity index is 683. The van der Waals surface area contributed by atoms with Crippen LogP contribution >= 0.6 is 0 Å². The Hall–Kier alpha value is -0.330. The van der Waals surface area contributed by atoms with Crippen LogP contribution in [0.5, 0.6) is 0 Å². The van der Waals surface area contributed by atoms with Crippen molar-refractivity contribution in [2.45, 2.75) is 68.1 Å². The first kappa shape index (κ1) is 20.6. The zero-order valence-electron chi connectivity index (χ0n) is 17.3. The highest BCUT2D eigenvalue weighted by Crippen LogP contribution is 2.32. The summed E-state index contributed by atoms with van der Waals surface area (Å²) in [5.74, 6) is 0.924. The molecule has 5 aliphatic rings. The summed E-state index contributed by atoms with van der Waals surface area (Å²) in [7, 11) is -1.30. The lowest BCUT2D eigenvalue weighted by molar-refractivity contribution is -0.111. The lowest BCUT2D eigenvalue weighted by Crippen LogP contribution is -2.58. The van der Waals surface area contributed by atoms with E-state index in [4.69, 9.17) is 4.74 Å². The number of rotatable bonds is 4. The van der Waals surface area contributed by atoms with E-state index in [-0.39, 0.29) is 23.6 Å². The lowest BCUT2D eigenvalue weighted by Gasteiger charge is -2.39. The number of likely N-dealkylation sites (N-methyl/N-ethyl adjacent to an activating group) is 1. The third-order valence-corrected chi connectivity index (χ3v) is 9.66. The SMILES string of the molecule is CN1NCC2CCCC(NS(=O)(=O)C3CCC(C4CNN5CCCOC45)NC3)C21. The Morgan fingerprint density at radius 2 is 1.93 bits per heavy atom. The Morgan fingerprint density at radius 3 is 2.76 bits per heavy atom. The van der Waals surface area contributed by atoms with Crippen LogP contribution < -0.4 is 20.9 Å². The topological polar surface area (TPSA) is 98.0 Å². The normalized spacial score (nSPS) is 44.5. The van der Waals surface area contributed by atoms with Crippen LogP contribution in [0.25, 0.3) is 0 Å². The van der Waals surface area contributed by atoms with Gasteiger partial charge in [0.1, 0.15) is 6.23 Å². The van der Waals surface area contributed by atoms with Gasteiger partial charge >= 0.3 is 0 Å². The summed E-state index contributed by atoms with van der Waals surface area (Å²) in [6.45, 7) is 4.24. The highest BCUT2D eigenvalue weighted by Gasteiger charge is 2.45. The molecule has 0 bridgehead atoms. The molecule has 4 aliphatic heterocycles. The highest BCUT2D eigenvalue weighted by atomic mass is 32.2. The summed E-state index contributed by atoms with van der Waals surface area (Å²) < 4.78 is 35.4. The van der Waals surface area contributed by atoms with Crippen molar-refractivity contribution in [1.82, 2.24) is 30.9 Å². The van der Waals surface area contributed by atoms with Crippen molar-refractivity contribution < 1.29 is 13.2 Å². The van der Waals surface area contributed by atoms with Crippen molar-refractivity contribution in [1.29, 1.82) is 0 Å². The molecule has 0 aromatic carbocycles. The second kappa shape index (κ2) is 8.31. The van der Waals surface area contributed by atoms with Crippen molar-refractivity contribution in [2.75, 3.05) is 39.8 Å². The van der Waals surface area contributed by atoms with Gasteiger partial charge in [0.2, 0.25) is 10.0 Å². The summed E-state index contributed by atoms with van der Waals surface area (Å²) in [5.41, 5.74) is 6.84. The van der Waals surface area contributed by atoms with E-state index in [1.54, 1.807) is 0 Å². The Balaban J connectivity index is 1.18. The van der Waals surface area contributed by atoms with Crippen molar-refractivity contribution in [3.63, 3.8) is 0 Å². The summed E-state index contributed by atoms with van der Waals surface area (Å²) in [4.78, 5) is 0. The average molecular weight is 429 g/mol. The molecule has 0 radical (unpaired) electrons. The van der Waals surface area contributed by atoms with Crippen LogP contribution in [0.3, 0.4) is 0 Å². The van der Waals surface area contributed by atoms with Crippen molar-refractivity contribution >= 4 is 10.0 Å². The van der Waals surface area contributed by atoms with E-state index < -0.39 is 10.0 Å². The molecule has 0 aromatic rings. The van der Waals surface area contributed by atoms with Crippen LogP contribution in [0.2, 0.25) is 0 Å². The Morgan fingerprint density at radius 1 is 1.03 bits per heavy atom. The minimum Gasteiger partial charge on any atom is -0.361 e. The first-order valence-electron chi connectivity index (χ1n) is 11.4. The van der Waals surface area contributed by atoms with Crippen molar-refractivity contribution in [3.8, 4) is 0 Å². The zero-order valence-corrected chi connectivity index (χ0v) is 18.2. The van der Waals surface area contributed by atoms with Crippen molar-refractivity contribution in [3.05, 3.63) is 0 Å². The number of hydrazine groups is 2. The third kappa shape index (κ3) is 3.98. The van der Waals surface area contributed by atoms with Gasteiger partial charge in [0.15, 0.2) is 0 Å². The van der Waals surface area contributed by atoms with E-state index in [1.807, 2.05) is 7.05 Å². The molecule has 166 valence electrons. The van der Waals surface area contributed by atoms with Gasteiger partial charge in [0.25, 0.3) is 0 Å². The summed E-state index contributed by atoms with van der Waals surface area (Å²) >= 11 is 0. The van der Waals surface area contributed by atoms with E-state index in [1.165, 1.54) is 6.42 Å². The minimum atomic E-state index is -3.34. The predicted octanol–water partition coefficient (Wildman–Crippen LogP) is -0.803. The molecule has 5 rings (SSSR count). The second-order valence-corrected chi connectivity index (χ2v) is 11.5. The van der Waals surface area contributed by atoms with E-state index in [0.29, 0.717) is 30.8 Å². The van der Waals surface area contributed by atoms with Crippen LogP contribution in [-0.2, 0) is 14.8 Å². The van der Waals surface area contributed by atoms with Gasteiger partial charge in [-0.15, -0.1) is 0 Å². The second-order valence-electron chi connectivity index (χ2n) is 9.47. The van der Waals surface area contributed by atoms with Gasteiger partial charge in [0, 0.05) is 57.3 Å². The molecule has 1 saturated carbocycles. The van der Waals surface area contributed by atoms with Gasteiger partial charge in [-0.25, -0.2) is 23.2 Å². The van der Waals surface area contributed by atoms with Crippen LogP contribution in [0, 0.1) is 11.8 Å². The molecule has 4 N–H and O–H groups in total. The molecule has 9 nitrogen and oxygen atoms in total. The maximum Gasteiger partial charge on any atom is 0.216 e. The zero-order chi connectivity index (χ0) is 20.0. The smallest absolute Gasteiger partial charge is 0.216 e. The van der Waals surface area contributed by atoms with Gasteiger partial charge in [-0.05, 0) is 38.0 Å². The van der Waals surface area contributed by atoms with Crippen LogP contribution in [0.15, 0.2) is 0 Å². The minimum absolute atomic E-state index is 0.0136. The molecule has 4 heterocycles. The highest BCUT2D eigenvalue weighted by molar-refractivity contribution is 7.90. The maximum atomic E-state index is 13.2. The molecule has 5 fully saturated rings. The number of sulfonamides is 1. The fourth-order valence-electron chi connectivity index (χ4n) is 6.21. The molecule has 0 amide bonds. The molecule has 4 saturated heterocycles. The summed E-state index contributed by atoms with van der Waals surface area (Å²) in [6, 6.07) is 0.591. The number of hydrogen-bond donors (Lipinski definition) is 4. The molecule has 29 heavy (non-hydrogen) atoms. The molecule has 0 spiro atoms. The van der Waals surface area contributed by atoms with E-state index in [2.05, 4.69) is 30.9 Å². The number of hydrogen-bond acceptors (Lipinski definition) is 8. The molecular formula is C19H36N6O3S. The Kier molecular flexibility index (Phi) is 5.89. The molecule has 1 aliphatic carbocycles. The molecular weight excluding hydrogens is 392 g/mol. The summed E-state index contributed by atoms with van der Waals surface area (Å²) in [5, 5.41) is 7.54. The molecule has 0 aromatic heterocycles. The third-order valence-electron chi connectivity index (χ3n) is 7.75. The number of nitrogens with one attached hydrogen (secondary N) is 4. The molecule has 10 heteroatoms. The van der Waals surface area contributed by atoms with Gasteiger partial charge < -0.3 is 10.1 Å². The maximum absolute atomic E-state index is 13.2. The number of ether oxygens (including phenoxy) is 1. The van der Waals surface area contributed by atoms with Gasteiger partial charge in [0.05, 0.1) is 11.9 Å². The van der Waals surface area contributed by atoms with Gasteiger partial charge in [-0.1, -0.05) is 6.42 Å². The van der Waals surface area contributed by atoms with E-state index in [0.717, 1.165) is 51.9 Å². The standard InChI is InChI=1S/C19H36N6O3S/c1-24-18-13(10-21-24)4-2-5-17(18)23-29(26,27)14-6-7-16(20-11-14)15-12-22-25-8-3-9-28-19(15)25/h13-23H,2-12H2,1H3. The molecule has 7 unspecified atom stereocenters. The quantitative estimate of drug-likeness (QED) is 0.462.